The number of methoxy groups -OCH3 is 1. The van der Waals surface area contributed by atoms with E-state index in [2.05, 4.69) is 87.2 Å². The van der Waals surface area contributed by atoms with E-state index in [9.17, 15) is 5.11 Å². The van der Waals surface area contributed by atoms with E-state index in [1.54, 1.807) is 7.11 Å². The van der Waals surface area contributed by atoms with E-state index >= 15 is 0 Å². The number of para-hydroxylation sites is 1. The minimum absolute atomic E-state index is 0.437. The average molecular weight is 456 g/mol. The van der Waals surface area contributed by atoms with E-state index in [0.29, 0.717) is 13.1 Å². The Hall–Kier alpha value is -3.12. The molecule has 5 rings (SSSR count). The molecule has 0 aliphatic carbocycles. The van der Waals surface area contributed by atoms with Gasteiger partial charge in [-0.2, -0.15) is 0 Å². The van der Waals surface area contributed by atoms with Crippen LogP contribution in [0.25, 0.3) is 22.2 Å². The number of β-amino-alcohol motifs (C(OH)–C–C–N with tert-alkyl or cyclic N) is 1. The molecule has 1 saturated heterocycles. The largest absolute Gasteiger partial charge is 0.497 e. The van der Waals surface area contributed by atoms with Crippen molar-refractivity contribution in [3.8, 4) is 17.0 Å². The van der Waals surface area contributed by atoms with E-state index < -0.39 is 6.10 Å². The molecule has 0 spiro atoms. The lowest BCUT2D eigenvalue weighted by molar-refractivity contribution is 0.0630. The van der Waals surface area contributed by atoms with Crippen molar-refractivity contribution in [2.45, 2.75) is 19.2 Å². The molecule has 34 heavy (non-hydrogen) atoms. The second-order valence-electron chi connectivity index (χ2n) is 9.14. The molecule has 1 atom stereocenters. The van der Waals surface area contributed by atoms with Crippen molar-refractivity contribution in [3.63, 3.8) is 0 Å². The Morgan fingerprint density at radius 2 is 1.47 bits per heavy atom. The predicted molar refractivity (Wildman–Crippen MR) is 138 cm³/mol. The Labute approximate surface area is 201 Å². The van der Waals surface area contributed by atoms with Gasteiger partial charge in [0.1, 0.15) is 5.75 Å². The van der Waals surface area contributed by atoms with Crippen molar-refractivity contribution >= 4 is 10.9 Å². The Balaban J connectivity index is 1.25. The third-order valence-corrected chi connectivity index (χ3v) is 6.77. The first-order valence-electron chi connectivity index (χ1n) is 12.1. The molecule has 0 radical (unpaired) electrons. The van der Waals surface area contributed by atoms with Crippen molar-refractivity contribution in [2.75, 3.05) is 39.8 Å². The van der Waals surface area contributed by atoms with Gasteiger partial charge >= 0.3 is 0 Å². The summed E-state index contributed by atoms with van der Waals surface area (Å²) < 4.78 is 7.59. The van der Waals surface area contributed by atoms with Crippen LogP contribution in [0.2, 0.25) is 0 Å². The molecule has 3 aromatic carbocycles. The predicted octanol–water partition coefficient (Wildman–Crippen LogP) is 4.50. The lowest BCUT2D eigenvalue weighted by atomic mass is 10.1. The summed E-state index contributed by atoms with van der Waals surface area (Å²) in [4.78, 5) is 4.89. The van der Waals surface area contributed by atoms with Crippen LogP contribution in [-0.4, -0.2) is 65.4 Å². The van der Waals surface area contributed by atoms with Crippen LogP contribution < -0.4 is 4.74 Å². The lowest BCUT2D eigenvalue weighted by Gasteiger charge is -2.35. The molecule has 2 heterocycles. The molecular formula is C29H33N3O2. The third kappa shape index (κ3) is 5.17. The van der Waals surface area contributed by atoms with E-state index in [1.165, 1.54) is 10.9 Å². The van der Waals surface area contributed by atoms with Crippen LogP contribution in [0.3, 0.4) is 0 Å². The second kappa shape index (κ2) is 10.4. The minimum atomic E-state index is -0.437. The number of aromatic nitrogens is 1. The molecule has 1 aliphatic rings. The molecule has 1 unspecified atom stereocenters. The van der Waals surface area contributed by atoms with Crippen LogP contribution in [0.5, 0.6) is 5.75 Å². The summed E-state index contributed by atoms with van der Waals surface area (Å²) in [7, 11) is 1.68. The topological polar surface area (TPSA) is 40.9 Å². The van der Waals surface area contributed by atoms with Gasteiger partial charge in [0.05, 0.1) is 19.8 Å². The first-order chi connectivity index (χ1) is 16.7. The van der Waals surface area contributed by atoms with Crippen LogP contribution in [0.4, 0.5) is 0 Å². The first-order valence-corrected chi connectivity index (χ1v) is 12.1. The number of hydrogen-bond acceptors (Lipinski definition) is 4. The molecule has 0 bridgehead atoms. The fourth-order valence-electron chi connectivity index (χ4n) is 4.95. The maximum atomic E-state index is 11.1. The molecule has 5 heteroatoms. The number of piperazine rings is 1. The molecule has 1 fully saturated rings. The van der Waals surface area contributed by atoms with E-state index in [1.807, 2.05) is 12.1 Å². The fraction of sp³-hybridized carbons (Fsp3) is 0.310. The number of hydrogen-bond donors (Lipinski definition) is 1. The van der Waals surface area contributed by atoms with Crippen LogP contribution >= 0.6 is 0 Å². The van der Waals surface area contributed by atoms with Crippen molar-refractivity contribution < 1.29 is 9.84 Å². The van der Waals surface area contributed by atoms with Gasteiger partial charge in [-0.3, -0.25) is 9.80 Å². The summed E-state index contributed by atoms with van der Waals surface area (Å²) in [6, 6.07) is 29.4. The zero-order chi connectivity index (χ0) is 23.3. The molecule has 0 amide bonds. The van der Waals surface area contributed by atoms with Gasteiger partial charge in [-0.25, -0.2) is 0 Å². The lowest BCUT2D eigenvalue weighted by Crippen LogP contribution is -2.48. The van der Waals surface area contributed by atoms with Gasteiger partial charge < -0.3 is 14.4 Å². The van der Waals surface area contributed by atoms with Crippen LogP contribution in [0.1, 0.15) is 5.56 Å². The minimum Gasteiger partial charge on any atom is -0.497 e. The van der Waals surface area contributed by atoms with Crippen molar-refractivity contribution in [3.05, 3.63) is 90.5 Å². The summed E-state index contributed by atoms with van der Waals surface area (Å²) in [6.45, 7) is 6.30. The highest BCUT2D eigenvalue weighted by atomic mass is 16.5. The highest BCUT2D eigenvalue weighted by Crippen LogP contribution is 2.30. The Morgan fingerprint density at radius 1 is 0.794 bits per heavy atom. The number of benzene rings is 3. The van der Waals surface area contributed by atoms with Crippen LogP contribution in [0.15, 0.2) is 84.9 Å². The summed E-state index contributed by atoms with van der Waals surface area (Å²) in [5.74, 6) is 0.845. The normalized spacial score (nSPS) is 16.1. The smallest absolute Gasteiger partial charge is 0.118 e. The summed E-state index contributed by atoms with van der Waals surface area (Å²) in [6.07, 6.45) is -0.437. The Bertz CT molecular complexity index is 1200. The number of aliphatic hydroxyl groups is 1. The van der Waals surface area contributed by atoms with Gasteiger partial charge in [-0.05, 0) is 47.5 Å². The van der Waals surface area contributed by atoms with Crippen LogP contribution in [0, 0.1) is 0 Å². The van der Waals surface area contributed by atoms with Gasteiger partial charge in [0, 0.05) is 55.9 Å². The number of nitrogens with zero attached hydrogens (tertiary/aromatic N) is 3. The highest BCUT2D eigenvalue weighted by molar-refractivity contribution is 5.87. The quantitative estimate of drug-likeness (QED) is 0.425. The zero-order valence-corrected chi connectivity index (χ0v) is 19.8. The number of fused-ring (bicyclic) bond motifs is 1. The first kappa shape index (κ1) is 22.7. The molecule has 4 aromatic rings. The molecule has 5 nitrogen and oxygen atoms in total. The Kier molecular flexibility index (Phi) is 6.95. The molecule has 1 aromatic heterocycles. The maximum absolute atomic E-state index is 11.1. The Morgan fingerprint density at radius 3 is 2.21 bits per heavy atom. The zero-order valence-electron chi connectivity index (χ0n) is 19.8. The van der Waals surface area contributed by atoms with E-state index in [-0.39, 0.29) is 0 Å². The molecule has 176 valence electrons. The van der Waals surface area contributed by atoms with Gasteiger partial charge in [-0.1, -0.05) is 48.5 Å². The SMILES string of the molecule is COc1ccc(-c2cc3ccccc3n2CC(O)CN2CCN(Cc3ccccc3)CC2)cc1. The van der Waals surface area contributed by atoms with Gasteiger partial charge in [0.2, 0.25) is 0 Å². The number of ether oxygens (including phenoxy) is 1. The van der Waals surface area contributed by atoms with Crippen molar-refractivity contribution in [1.82, 2.24) is 14.4 Å². The molecular weight excluding hydrogens is 422 g/mol. The second-order valence-corrected chi connectivity index (χ2v) is 9.14. The van der Waals surface area contributed by atoms with Crippen LogP contribution in [-0.2, 0) is 13.1 Å². The highest BCUT2D eigenvalue weighted by Gasteiger charge is 2.21. The van der Waals surface area contributed by atoms with Crippen molar-refractivity contribution in [2.24, 2.45) is 0 Å². The van der Waals surface area contributed by atoms with Crippen molar-refractivity contribution in [1.29, 1.82) is 0 Å². The maximum Gasteiger partial charge on any atom is 0.118 e. The average Bonchev–Trinajstić information content (AvgIpc) is 3.24. The number of rotatable bonds is 8. The number of aliphatic hydroxyl groups excluding tert-OH is 1. The standard InChI is InChI=1S/C29H33N3O2/c1-34-27-13-11-24(12-14-27)29-19-25-9-5-6-10-28(25)32(29)22-26(33)21-31-17-15-30(16-18-31)20-23-7-3-2-4-8-23/h2-14,19,26,33H,15-18,20-22H2,1H3. The molecule has 1 N–H and O–H groups in total. The van der Waals surface area contributed by atoms with Gasteiger partial charge in [0.25, 0.3) is 0 Å². The van der Waals surface area contributed by atoms with E-state index in [4.69, 9.17) is 4.74 Å². The molecule has 0 saturated carbocycles. The monoisotopic (exact) mass is 455 g/mol. The summed E-state index contributed by atoms with van der Waals surface area (Å²) >= 11 is 0. The van der Waals surface area contributed by atoms with Gasteiger partial charge in [0.15, 0.2) is 0 Å². The van der Waals surface area contributed by atoms with Gasteiger partial charge in [-0.15, -0.1) is 0 Å². The molecule has 1 aliphatic heterocycles. The summed E-state index contributed by atoms with van der Waals surface area (Å²) in [5.41, 5.74) is 4.76. The fourth-order valence-corrected chi connectivity index (χ4v) is 4.95. The summed E-state index contributed by atoms with van der Waals surface area (Å²) in [5, 5.41) is 12.3. The third-order valence-electron chi connectivity index (χ3n) is 6.77. The van der Waals surface area contributed by atoms with E-state index in [0.717, 1.165) is 55.2 Å².